The summed E-state index contributed by atoms with van der Waals surface area (Å²) in [6.07, 6.45) is 0.928. The number of methoxy groups -OCH3 is 2. The molecule has 10 heteroatoms. The van der Waals surface area contributed by atoms with Gasteiger partial charge < -0.3 is 38.0 Å². The van der Waals surface area contributed by atoms with Crippen molar-refractivity contribution in [3.8, 4) is 5.75 Å². The van der Waals surface area contributed by atoms with E-state index in [4.69, 9.17) is 19.9 Å². The van der Waals surface area contributed by atoms with Crippen molar-refractivity contribution >= 4 is 35.7 Å². The molecule has 0 saturated heterocycles. The van der Waals surface area contributed by atoms with Crippen LogP contribution >= 0.6 is 0 Å². The number of nitrogens with two attached hydrogens (primary N) is 1. The van der Waals surface area contributed by atoms with Crippen LogP contribution in [0.3, 0.4) is 0 Å². The number of hydrogen-bond donors (Lipinski definition) is 3. The van der Waals surface area contributed by atoms with E-state index < -0.39 is 23.1 Å². The summed E-state index contributed by atoms with van der Waals surface area (Å²) < 4.78 is 29.7. The zero-order valence-corrected chi connectivity index (χ0v) is 20.8. The van der Waals surface area contributed by atoms with Crippen LogP contribution in [0.15, 0.2) is 36.4 Å². The van der Waals surface area contributed by atoms with Crippen LogP contribution in [0.4, 0.5) is 15.8 Å². The van der Waals surface area contributed by atoms with E-state index in [2.05, 4.69) is 17.2 Å². The minimum atomic E-state index is -1.09. The number of anilines is 2. The summed E-state index contributed by atoms with van der Waals surface area (Å²) >= 11 is 0. The normalized spacial score (nSPS) is 14.0. The third-order valence-corrected chi connectivity index (χ3v) is 5.15. The fourth-order valence-electron chi connectivity index (χ4n) is 3.21. The average Bonchev–Trinajstić information content (AvgIpc) is 3.56. The van der Waals surface area contributed by atoms with Crippen LogP contribution in [0.25, 0.3) is 12.4 Å². The van der Waals surface area contributed by atoms with Gasteiger partial charge in [-0.2, -0.15) is 0 Å². The van der Waals surface area contributed by atoms with Crippen molar-refractivity contribution in [2.45, 2.75) is 12.8 Å². The van der Waals surface area contributed by atoms with Crippen LogP contribution in [0.5, 0.6) is 5.75 Å². The number of benzene rings is 2. The van der Waals surface area contributed by atoms with E-state index in [9.17, 15) is 14.0 Å². The van der Waals surface area contributed by atoms with E-state index in [0.717, 1.165) is 0 Å². The van der Waals surface area contributed by atoms with Gasteiger partial charge in [-0.1, -0.05) is 6.58 Å². The standard InChI is InChI=1S/C23H26FN3O5.CH3.V.2H2/c1-14-12-17(32-11-10-30-2)13-18(24)19(14)20(25)26-15-4-6-16(7-5-15)27-21(28)23(8-9-23)22(29)31-3;;;;/h4-7,12-13,26H,1,8-11,25H2,2-3H3,(H,27,28);1H3;;2*1H/q;-1;;;/b20-19-;;;;. The second kappa shape index (κ2) is 12.5. The summed E-state index contributed by atoms with van der Waals surface area (Å²) in [4.78, 5) is 24.2. The van der Waals surface area contributed by atoms with Crippen LogP contribution in [0.2, 0.25) is 0 Å². The Labute approximate surface area is 213 Å². The summed E-state index contributed by atoms with van der Waals surface area (Å²) in [7, 11) is 2.81. The number of carbonyl (C=O) groups excluding carboxylic acids is 2. The van der Waals surface area contributed by atoms with Gasteiger partial charge in [0, 0.05) is 46.0 Å². The van der Waals surface area contributed by atoms with Gasteiger partial charge in [0.2, 0.25) is 5.91 Å². The Kier molecular flexibility index (Phi) is 10.6. The monoisotopic (exact) mass is 513 g/mol. The molecule has 3 rings (SSSR count). The molecule has 187 valence electrons. The molecule has 8 nitrogen and oxygen atoms in total. The molecule has 1 radical (unpaired) electrons. The molecule has 1 aliphatic rings. The van der Waals surface area contributed by atoms with E-state index in [1.807, 2.05) is 0 Å². The van der Waals surface area contributed by atoms with E-state index in [1.54, 1.807) is 37.4 Å². The predicted octanol–water partition coefficient (Wildman–Crippen LogP) is 2.23. The van der Waals surface area contributed by atoms with Crippen LogP contribution in [-0.2, 0) is 37.6 Å². The van der Waals surface area contributed by atoms with Crippen molar-refractivity contribution in [2.24, 2.45) is 11.1 Å². The van der Waals surface area contributed by atoms with Gasteiger partial charge in [-0.05, 0) is 48.4 Å². The van der Waals surface area contributed by atoms with Crippen molar-refractivity contribution in [1.29, 1.82) is 0 Å². The van der Waals surface area contributed by atoms with Crippen LogP contribution in [0.1, 0.15) is 15.7 Å². The number of amides is 1. The third kappa shape index (κ3) is 6.53. The molecule has 0 spiro atoms. The first-order chi connectivity index (χ1) is 15.3. The summed E-state index contributed by atoms with van der Waals surface area (Å²) in [6, 6.07) is 9.47. The maximum Gasteiger partial charge on any atom is 0.321 e. The maximum absolute atomic E-state index is 14.6. The molecule has 1 fully saturated rings. The Morgan fingerprint density at radius 1 is 1.12 bits per heavy atom. The Morgan fingerprint density at radius 3 is 2.21 bits per heavy atom. The number of esters is 1. The van der Waals surface area contributed by atoms with Crippen LogP contribution in [0, 0.1) is 18.7 Å². The molecular formula is C24H33FN3O5V-. The van der Waals surface area contributed by atoms with Crippen LogP contribution < -0.4 is 31.5 Å². The molecule has 0 unspecified atom stereocenters. The molecule has 34 heavy (non-hydrogen) atoms. The first kappa shape index (κ1) is 29.0. The fraction of sp³-hybridized carbons (Fsp3) is 0.292. The molecular weight excluding hydrogens is 480 g/mol. The molecule has 0 aliphatic heterocycles. The van der Waals surface area contributed by atoms with Gasteiger partial charge in [0.1, 0.15) is 29.4 Å². The zero-order chi connectivity index (χ0) is 23.3. The average molecular weight is 513 g/mol. The van der Waals surface area contributed by atoms with Crippen molar-refractivity contribution in [3.05, 3.63) is 60.1 Å². The van der Waals surface area contributed by atoms with Gasteiger partial charge in [-0.3, -0.25) is 9.59 Å². The van der Waals surface area contributed by atoms with Gasteiger partial charge in [-0.15, -0.1) is 0 Å². The molecule has 1 amide bonds. The fourth-order valence-corrected chi connectivity index (χ4v) is 3.21. The molecule has 0 atom stereocenters. The minimum Gasteiger partial charge on any atom is -0.491 e. The quantitative estimate of drug-likeness (QED) is 0.204. The van der Waals surface area contributed by atoms with Crippen molar-refractivity contribution in [3.63, 3.8) is 0 Å². The molecule has 1 saturated carbocycles. The van der Waals surface area contributed by atoms with Crippen LogP contribution in [-0.4, -0.2) is 39.3 Å². The van der Waals surface area contributed by atoms with Crippen molar-refractivity contribution in [1.82, 2.24) is 0 Å². The Balaban J connectivity index is 0. The SMILES string of the molecule is C=c1cc(OCCOC)cc(F)/c1=C(/N)Nc1ccc(NC(=O)C2(C(=O)OC)CC2)cc1.[CH3-].[HH].[HH].[V]. The summed E-state index contributed by atoms with van der Waals surface area (Å²) in [5.74, 6) is -1.09. The molecule has 1 aliphatic carbocycles. The third-order valence-electron chi connectivity index (χ3n) is 5.15. The number of nitrogens with one attached hydrogen (secondary N) is 2. The van der Waals surface area contributed by atoms with Crippen molar-refractivity contribution < 1.29 is 49.6 Å². The first-order valence-electron chi connectivity index (χ1n) is 9.97. The second-order valence-electron chi connectivity index (χ2n) is 7.42. The second-order valence-corrected chi connectivity index (χ2v) is 7.42. The summed E-state index contributed by atoms with van der Waals surface area (Å²) in [6.45, 7) is 4.52. The number of rotatable bonds is 9. The Hall–Kier alpha value is -3.01. The largest absolute Gasteiger partial charge is 0.491 e. The van der Waals surface area contributed by atoms with E-state index >= 15 is 0 Å². The molecule has 0 aromatic heterocycles. The number of carbonyl (C=O) groups is 2. The van der Waals surface area contributed by atoms with E-state index in [0.29, 0.717) is 41.8 Å². The van der Waals surface area contributed by atoms with E-state index in [-0.39, 0.29) is 46.5 Å². The minimum absolute atomic E-state index is 0. The molecule has 0 bridgehead atoms. The van der Waals surface area contributed by atoms with Gasteiger partial charge in [0.25, 0.3) is 0 Å². The molecule has 2 aromatic rings. The molecule has 2 aromatic carbocycles. The van der Waals surface area contributed by atoms with Crippen molar-refractivity contribution in [2.75, 3.05) is 38.1 Å². The zero-order valence-electron chi connectivity index (χ0n) is 19.4. The van der Waals surface area contributed by atoms with Gasteiger partial charge in [0.05, 0.1) is 18.9 Å². The van der Waals surface area contributed by atoms with Gasteiger partial charge >= 0.3 is 5.97 Å². The van der Waals surface area contributed by atoms with Gasteiger partial charge in [-0.25, -0.2) is 4.39 Å². The maximum atomic E-state index is 14.6. The number of halogens is 1. The Bertz CT molecular complexity index is 1130. The summed E-state index contributed by atoms with van der Waals surface area (Å²) in [5, 5.41) is 6.15. The van der Waals surface area contributed by atoms with Gasteiger partial charge in [0.15, 0.2) is 0 Å². The number of ether oxygens (including phenoxy) is 3. The topological polar surface area (TPSA) is 112 Å². The predicted molar refractivity (Wildman–Crippen MR) is 129 cm³/mol. The first-order valence-corrected chi connectivity index (χ1v) is 9.97. The summed E-state index contributed by atoms with van der Waals surface area (Å²) in [5.41, 5.74) is 6.07. The Morgan fingerprint density at radius 2 is 1.71 bits per heavy atom. The smallest absolute Gasteiger partial charge is 0.321 e. The molecule has 0 heterocycles. The van der Waals surface area contributed by atoms with E-state index in [1.165, 1.54) is 13.2 Å². The number of hydrogen-bond acceptors (Lipinski definition) is 7. The molecule has 4 N–H and O–H groups in total.